The fourth-order valence-electron chi connectivity index (χ4n) is 3.09. The molecule has 128 valence electrons. The first kappa shape index (κ1) is 15.6. The molecule has 0 saturated heterocycles. The van der Waals surface area contributed by atoms with E-state index in [1.54, 1.807) is 11.9 Å². The number of rotatable bonds is 3. The van der Waals surface area contributed by atoms with Gasteiger partial charge in [0.25, 0.3) is 5.91 Å². The number of aryl methyl sites for hydroxylation is 1. The van der Waals surface area contributed by atoms with Gasteiger partial charge in [0.05, 0.1) is 0 Å². The average Bonchev–Trinajstić information content (AvgIpc) is 3.04. The number of aromatic amines is 1. The van der Waals surface area contributed by atoms with Crippen molar-refractivity contribution < 1.29 is 14.3 Å². The molecule has 1 aliphatic heterocycles. The summed E-state index contributed by atoms with van der Waals surface area (Å²) in [5.41, 5.74) is 3.75. The summed E-state index contributed by atoms with van der Waals surface area (Å²) in [4.78, 5) is 17.6. The molecule has 5 nitrogen and oxygen atoms in total. The molecule has 2 aromatic carbocycles. The van der Waals surface area contributed by atoms with Gasteiger partial charge in [0, 0.05) is 24.5 Å². The van der Waals surface area contributed by atoms with Crippen molar-refractivity contribution in [2.45, 2.75) is 13.5 Å². The Morgan fingerprint density at radius 1 is 1.08 bits per heavy atom. The van der Waals surface area contributed by atoms with Crippen LogP contribution in [0.5, 0.6) is 11.5 Å². The third-order valence-electron chi connectivity index (χ3n) is 4.38. The van der Waals surface area contributed by atoms with Gasteiger partial charge in [-0.3, -0.25) is 4.79 Å². The molecule has 0 atom stereocenters. The van der Waals surface area contributed by atoms with Gasteiger partial charge in [-0.2, -0.15) is 0 Å². The number of benzene rings is 2. The molecule has 3 aromatic rings. The molecule has 0 fully saturated rings. The first-order chi connectivity index (χ1) is 12.1. The van der Waals surface area contributed by atoms with Crippen LogP contribution < -0.4 is 9.47 Å². The minimum Gasteiger partial charge on any atom is -0.486 e. The Morgan fingerprint density at radius 3 is 2.72 bits per heavy atom. The second-order valence-corrected chi connectivity index (χ2v) is 6.41. The van der Waals surface area contributed by atoms with Crippen LogP contribution in [0.4, 0.5) is 0 Å². The molecule has 0 aliphatic carbocycles. The molecule has 0 unspecified atom stereocenters. The number of nitrogens with zero attached hydrogens (tertiary/aromatic N) is 1. The molecule has 1 amide bonds. The first-order valence-corrected chi connectivity index (χ1v) is 8.33. The van der Waals surface area contributed by atoms with Crippen LogP contribution in [0.2, 0.25) is 0 Å². The van der Waals surface area contributed by atoms with Crippen LogP contribution in [0, 0.1) is 6.92 Å². The van der Waals surface area contributed by atoms with E-state index in [0.29, 0.717) is 25.5 Å². The first-order valence-electron chi connectivity index (χ1n) is 8.33. The Balaban J connectivity index is 1.53. The molecule has 1 N–H and O–H groups in total. The van der Waals surface area contributed by atoms with E-state index in [0.717, 1.165) is 33.5 Å². The zero-order valence-electron chi connectivity index (χ0n) is 14.3. The summed E-state index contributed by atoms with van der Waals surface area (Å²) >= 11 is 0. The molecule has 4 rings (SSSR count). The second-order valence-electron chi connectivity index (χ2n) is 6.41. The van der Waals surface area contributed by atoms with Gasteiger partial charge in [0.2, 0.25) is 0 Å². The summed E-state index contributed by atoms with van der Waals surface area (Å²) in [6.07, 6.45) is 0. The fraction of sp³-hybridized carbons (Fsp3) is 0.250. The number of amides is 1. The normalized spacial score (nSPS) is 13.0. The highest BCUT2D eigenvalue weighted by atomic mass is 16.6. The monoisotopic (exact) mass is 336 g/mol. The van der Waals surface area contributed by atoms with Crippen molar-refractivity contribution in [3.8, 4) is 11.5 Å². The van der Waals surface area contributed by atoms with Gasteiger partial charge in [-0.05, 0) is 42.3 Å². The topological polar surface area (TPSA) is 54.6 Å². The van der Waals surface area contributed by atoms with E-state index >= 15 is 0 Å². The molecule has 0 radical (unpaired) electrons. The van der Waals surface area contributed by atoms with E-state index in [-0.39, 0.29) is 5.91 Å². The molecule has 5 heteroatoms. The number of carbonyl (C=O) groups is 1. The van der Waals surface area contributed by atoms with Gasteiger partial charge >= 0.3 is 0 Å². The maximum Gasteiger partial charge on any atom is 0.270 e. The van der Waals surface area contributed by atoms with Gasteiger partial charge < -0.3 is 19.4 Å². The predicted octanol–water partition coefficient (Wildman–Crippen LogP) is 3.52. The summed E-state index contributed by atoms with van der Waals surface area (Å²) in [6, 6.07) is 13.8. The van der Waals surface area contributed by atoms with Crippen LogP contribution >= 0.6 is 0 Å². The summed E-state index contributed by atoms with van der Waals surface area (Å²) in [7, 11) is 1.80. The Bertz CT molecular complexity index is 945. The van der Waals surface area contributed by atoms with Gasteiger partial charge in [-0.25, -0.2) is 0 Å². The van der Waals surface area contributed by atoms with Gasteiger partial charge in [0.1, 0.15) is 18.9 Å². The smallest absolute Gasteiger partial charge is 0.270 e. The lowest BCUT2D eigenvalue weighted by Gasteiger charge is -2.21. The summed E-state index contributed by atoms with van der Waals surface area (Å²) in [5.74, 6) is 1.46. The highest BCUT2D eigenvalue weighted by Gasteiger charge is 2.17. The van der Waals surface area contributed by atoms with Crippen molar-refractivity contribution in [2.24, 2.45) is 0 Å². The highest BCUT2D eigenvalue weighted by Crippen LogP contribution is 2.31. The lowest BCUT2D eigenvalue weighted by atomic mass is 10.1. The lowest BCUT2D eigenvalue weighted by Crippen LogP contribution is -2.26. The van der Waals surface area contributed by atoms with Crippen molar-refractivity contribution in [3.63, 3.8) is 0 Å². The number of ether oxygens (including phenoxy) is 2. The molecular weight excluding hydrogens is 316 g/mol. The maximum atomic E-state index is 12.7. The van der Waals surface area contributed by atoms with Crippen LogP contribution in [0.15, 0.2) is 42.5 Å². The maximum absolute atomic E-state index is 12.7. The number of hydrogen-bond donors (Lipinski definition) is 1. The Hall–Kier alpha value is -2.95. The standard InChI is InChI=1S/C20H20N2O3/c1-13-3-5-15-11-17(21-16(15)9-13)20(23)22(2)12-14-4-6-18-19(10-14)25-8-7-24-18/h3-6,9-11,21H,7-8,12H2,1-2H3. The zero-order valence-corrected chi connectivity index (χ0v) is 14.3. The lowest BCUT2D eigenvalue weighted by molar-refractivity contribution is 0.0780. The van der Waals surface area contributed by atoms with E-state index in [4.69, 9.17) is 9.47 Å². The van der Waals surface area contributed by atoms with Gasteiger partial charge in [0.15, 0.2) is 11.5 Å². The minimum absolute atomic E-state index is 0.0382. The third kappa shape index (κ3) is 3.05. The Kier molecular flexibility index (Phi) is 3.84. The number of hydrogen-bond acceptors (Lipinski definition) is 3. The third-order valence-corrected chi connectivity index (χ3v) is 4.38. The molecule has 25 heavy (non-hydrogen) atoms. The molecule has 0 spiro atoms. The van der Waals surface area contributed by atoms with Crippen LogP contribution in [-0.2, 0) is 6.54 Å². The fourth-order valence-corrected chi connectivity index (χ4v) is 3.09. The van der Waals surface area contributed by atoms with E-state index in [9.17, 15) is 4.79 Å². The molecule has 0 bridgehead atoms. The number of fused-ring (bicyclic) bond motifs is 2. The molecule has 0 saturated carbocycles. The summed E-state index contributed by atoms with van der Waals surface area (Å²) in [5, 5.41) is 1.04. The average molecular weight is 336 g/mol. The van der Waals surface area contributed by atoms with Crippen LogP contribution in [0.25, 0.3) is 10.9 Å². The van der Waals surface area contributed by atoms with Crippen molar-refractivity contribution in [1.29, 1.82) is 0 Å². The molecular formula is C20H20N2O3. The minimum atomic E-state index is -0.0382. The molecule has 1 aromatic heterocycles. The largest absolute Gasteiger partial charge is 0.486 e. The highest BCUT2D eigenvalue weighted by molar-refractivity contribution is 5.98. The van der Waals surface area contributed by atoms with Crippen molar-refractivity contribution in [2.75, 3.05) is 20.3 Å². The van der Waals surface area contributed by atoms with Crippen LogP contribution in [0.1, 0.15) is 21.6 Å². The summed E-state index contributed by atoms with van der Waals surface area (Å²) < 4.78 is 11.1. The SMILES string of the molecule is Cc1ccc2cc(C(=O)N(C)Cc3ccc4c(c3)OCCO4)[nH]c2c1. The zero-order chi connectivity index (χ0) is 17.4. The van der Waals surface area contributed by atoms with Gasteiger partial charge in [-0.15, -0.1) is 0 Å². The quantitative estimate of drug-likeness (QED) is 0.796. The number of aromatic nitrogens is 1. The van der Waals surface area contributed by atoms with Crippen LogP contribution in [-0.4, -0.2) is 36.1 Å². The van der Waals surface area contributed by atoms with Crippen molar-refractivity contribution >= 4 is 16.8 Å². The van der Waals surface area contributed by atoms with E-state index in [1.807, 2.05) is 49.4 Å². The van der Waals surface area contributed by atoms with Crippen molar-refractivity contribution in [3.05, 3.63) is 59.3 Å². The number of carbonyl (C=O) groups excluding carboxylic acids is 1. The van der Waals surface area contributed by atoms with E-state index < -0.39 is 0 Å². The van der Waals surface area contributed by atoms with Crippen molar-refractivity contribution in [1.82, 2.24) is 9.88 Å². The Morgan fingerprint density at radius 2 is 1.88 bits per heavy atom. The molecule has 1 aliphatic rings. The predicted molar refractivity (Wildman–Crippen MR) is 96.3 cm³/mol. The molecule has 2 heterocycles. The second kappa shape index (κ2) is 6.16. The number of H-pyrrole nitrogens is 1. The van der Waals surface area contributed by atoms with E-state index in [1.165, 1.54) is 0 Å². The van der Waals surface area contributed by atoms with Gasteiger partial charge in [-0.1, -0.05) is 18.2 Å². The van der Waals surface area contributed by atoms with Crippen LogP contribution in [0.3, 0.4) is 0 Å². The Labute approximate surface area is 146 Å². The number of nitrogens with one attached hydrogen (secondary N) is 1. The summed E-state index contributed by atoms with van der Waals surface area (Å²) in [6.45, 7) is 3.67. The van der Waals surface area contributed by atoms with E-state index in [2.05, 4.69) is 4.98 Å².